The molecule has 1 amide bonds. The highest BCUT2D eigenvalue weighted by Gasteiger charge is 2.14. The van der Waals surface area contributed by atoms with Crippen molar-refractivity contribution in [2.75, 3.05) is 13.1 Å². The summed E-state index contributed by atoms with van der Waals surface area (Å²) in [5.74, 6) is 0.822. The zero-order valence-corrected chi connectivity index (χ0v) is 12.2. The molecule has 1 unspecified atom stereocenters. The molecule has 1 atom stereocenters. The lowest BCUT2D eigenvalue weighted by molar-refractivity contribution is -0.120. The van der Waals surface area contributed by atoms with Gasteiger partial charge in [-0.3, -0.25) is 4.79 Å². The van der Waals surface area contributed by atoms with Gasteiger partial charge in [-0.2, -0.15) is 0 Å². The van der Waals surface area contributed by atoms with Crippen molar-refractivity contribution in [2.45, 2.75) is 39.8 Å². The Morgan fingerprint density at radius 2 is 1.95 bits per heavy atom. The molecule has 0 bridgehead atoms. The highest BCUT2D eigenvalue weighted by atomic mass is 16.5. The quantitative estimate of drug-likeness (QED) is 0.794. The zero-order chi connectivity index (χ0) is 14.3. The Kier molecular flexibility index (Phi) is 6.36. The number of ether oxygens (including phenoxy) is 1. The molecule has 4 nitrogen and oxygen atoms in total. The van der Waals surface area contributed by atoms with Crippen molar-refractivity contribution in [1.29, 1.82) is 0 Å². The molecule has 0 saturated heterocycles. The predicted octanol–water partition coefficient (Wildman–Crippen LogP) is 2.26. The Labute approximate surface area is 115 Å². The highest BCUT2D eigenvalue weighted by Crippen LogP contribution is 2.25. The molecule has 4 heteroatoms. The van der Waals surface area contributed by atoms with Crippen molar-refractivity contribution >= 4 is 5.91 Å². The second kappa shape index (κ2) is 7.79. The van der Waals surface area contributed by atoms with Gasteiger partial charge in [0.2, 0.25) is 5.91 Å². The van der Waals surface area contributed by atoms with E-state index in [4.69, 9.17) is 4.74 Å². The van der Waals surface area contributed by atoms with E-state index in [1.807, 2.05) is 52.0 Å². The van der Waals surface area contributed by atoms with Crippen molar-refractivity contribution in [3.63, 3.8) is 0 Å². The molecule has 19 heavy (non-hydrogen) atoms. The minimum Gasteiger partial charge on any atom is -0.491 e. The Balaban J connectivity index is 2.70. The topological polar surface area (TPSA) is 50.4 Å². The molecule has 0 fully saturated rings. The number of hydrogen-bond acceptors (Lipinski definition) is 3. The summed E-state index contributed by atoms with van der Waals surface area (Å²) in [6, 6.07) is 7.74. The van der Waals surface area contributed by atoms with Crippen LogP contribution in [0, 0.1) is 0 Å². The van der Waals surface area contributed by atoms with E-state index in [0.717, 1.165) is 17.9 Å². The maximum absolute atomic E-state index is 11.7. The third-order valence-corrected chi connectivity index (χ3v) is 2.66. The molecule has 2 N–H and O–H groups in total. The SMILES string of the molecule is CCNCC(=O)NC(C)c1ccccc1OC(C)C. The van der Waals surface area contributed by atoms with Gasteiger partial charge >= 0.3 is 0 Å². The number of carbonyl (C=O) groups excluding carboxylic acids is 1. The van der Waals surface area contributed by atoms with Gasteiger partial charge in [0.05, 0.1) is 18.7 Å². The number of nitrogens with one attached hydrogen (secondary N) is 2. The van der Waals surface area contributed by atoms with Crippen LogP contribution in [0.15, 0.2) is 24.3 Å². The molecule has 1 rings (SSSR count). The summed E-state index contributed by atoms with van der Waals surface area (Å²) in [6.07, 6.45) is 0.116. The molecule has 106 valence electrons. The van der Waals surface area contributed by atoms with Crippen LogP contribution in [0.5, 0.6) is 5.75 Å². The van der Waals surface area contributed by atoms with E-state index in [1.165, 1.54) is 0 Å². The Bertz CT molecular complexity index is 405. The summed E-state index contributed by atoms with van der Waals surface area (Å²) < 4.78 is 5.76. The summed E-state index contributed by atoms with van der Waals surface area (Å²) in [6.45, 7) is 9.05. The molecule has 0 aliphatic heterocycles. The smallest absolute Gasteiger partial charge is 0.234 e. The number of para-hydroxylation sites is 1. The molecule has 0 radical (unpaired) electrons. The van der Waals surface area contributed by atoms with Gasteiger partial charge < -0.3 is 15.4 Å². The number of carbonyl (C=O) groups is 1. The Morgan fingerprint density at radius 1 is 1.26 bits per heavy atom. The molecule has 1 aromatic rings. The molecule has 0 aliphatic carbocycles. The van der Waals surface area contributed by atoms with E-state index in [9.17, 15) is 4.79 Å². The summed E-state index contributed by atoms with van der Waals surface area (Å²) in [7, 11) is 0. The molecule has 0 aliphatic rings. The normalized spacial score (nSPS) is 12.3. The van der Waals surface area contributed by atoms with Gasteiger partial charge in [-0.15, -0.1) is 0 Å². The maximum Gasteiger partial charge on any atom is 0.234 e. The number of likely N-dealkylation sites (N-methyl/N-ethyl adjacent to an activating group) is 1. The third kappa shape index (κ3) is 5.30. The molecule has 0 spiro atoms. The fraction of sp³-hybridized carbons (Fsp3) is 0.533. The maximum atomic E-state index is 11.7. The Hall–Kier alpha value is -1.55. The minimum atomic E-state index is -0.0684. The summed E-state index contributed by atoms with van der Waals surface area (Å²) in [5, 5.41) is 5.97. The van der Waals surface area contributed by atoms with Crippen molar-refractivity contribution < 1.29 is 9.53 Å². The van der Waals surface area contributed by atoms with E-state index in [2.05, 4.69) is 10.6 Å². The molecule has 0 saturated carbocycles. The predicted molar refractivity (Wildman–Crippen MR) is 77.3 cm³/mol. The number of amides is 1. The summed E-state index contributed by atoms with van der Waals surface area (Å²) >= 11 is 0. The fourth-order valence-corrected chi connectivity index (χ4v) is 1.81. The van der Waals surface area contributed by atoms with Crippen LogP contribution in [0.4, 0.5) is 0 Å². The molecular weight excluding hydrogens is 240 g/mol. The van der Waals surface area contributed by atoms with Crippen LogP contribution >= 0.6 is 0 Å². The van der Waals surface area contributed by atoms with Gasteiger partial charge in [0.15, 0.2) is 0 Å². The third-order valence-electron chi connectivity index (χ3n) is 2.66. The van der Waals surface area contributed by atoms with Gasteiger partial charge in [-0.25, -0.2) is 0 Å². The standard InChI is InChI=1S/C15H24N2O2/c1-5-16-10-15(18)17-12(4)13-8-6-7-9-14(13)19-11(2)3/h6-9,11-12,16H,5,10H2,1-4H3,(H,17,18). The first-order valence-corrected chi connectivity index (χ1v) is 6.80. The van der Waals surface area contributed by atoms with Crippen LogP contribution in [0.3, 0.4) is 0 Å². The second-order valence-electron chi connectivity index (χ2n) is 4.77. The number of benzene rings is 1. The lowest BCUT2D eigenvalue weighted by Crippen LogP contribution is -2.35. The van der Waals surface area contributed by atoms with Gasteiger partial charge in [0.25, 0.3) is 0 Å². The monoisotopic (exact) mass is 264 g/mol. The van der Waals surface area contributed by atoms with Crippen LogP contribution in [-0.4, -0.2) is 25.1 Å². The first-order chi connectivity index (χ1) is 9.04. The van der Waals surface area contributed by atoms with Gasteiger partial charge in [-0.1, -0.05) is 25.1 Å². The number of rotatable bonds is 7. The van der Waals surface area contributed by atoms with Crippen molar-refractivity contribution in [3.8, 4) is 5.75 Å². The van der Waals surface area contributed by atoms with Crippen LogP contribution in [-0.2, 0) is 4.79 Å². The largest absolute Gasteiger partial charge is 0.491 e. The highest BCUT2D eigenvalue weighted by molar-refractivity contribution is 5.78. The number of hydrogen-bond donors (Lipinski definition) is 2. The van der Waals surface area contributed by atoms with E-state index in [1.54, 1.807) is 0 Å². The van der Waals surface area contributed by atoms with Crippen molar-refractivity contribution in [1.82, 2.24) is 10.6 Å². The first-order valence-electron chi connectivity index (χ1n) is 6.80. The first kappa shape index (κ1) is 15.5. The zero-order valence-electron chi connectivity index (χ0n) is 12.2. The second-order valence-corrected chi connectivity index (χ2v) is 4.77. The average Bonchev–Trinajstić information content (AvgIpc) is 2.36. The molecular formula is C15H24N2O2. The minimum absolute atomic E-state index is 0.00583. The van der Waals surface area contributed by atoms with Crippen molar-refractivity contribution in [2.24, 2.45) is 0 Å². The van der Waals surface area contributed by atoms with Gasteiger partial charge in [-0.05, 0) is 33.4 Å². The van der Waals surface area contributed by atoms with Crippen LogP contribution in [0.2, 0.25) is 0 Å². The summed E-state index contributed by atoms with van der Waals surface area (Å²) in [5.41, 5.74) is 1.00. The summed E-state index contributed by atoms with van der Waals surface area (Å²) in [4.78, 5) is 11.7. The lowest BCUT2D eigenvalue weighted by atomic mass is 10.1. The van der Waals surface area contributed by atoms with E-state index in [-0.39, 0.29) is 18.1 Å². The lowest BCUT2D eigenvalue weighted by Gasteiger charge is -2.19. The molecule has 0 aromatic heterocycles. The van der Waals surface area contributed by atoms with Crippen LogP contribution < -0.4 is 15.4 Å². The van der Waals surface area contributed by atoms with Gasteiger partial charge in [0.1, 0.15) is 5.75 Å². The van der Waals surface area contributed by atoms with Gasteiger partial charge in [0, 0.05) is 5.56 Å². The van der Waals surface area contributed by atoms with Crippen molar-refractivity contribution in [3.05, 3.63) is 29.8 Å². The fourth-order valence-electron chi connectivity index (χ4n) is 1.81. The van der Waals surface area contributed by atoms with E-state index >= 15 is 0 Å². The van der Waals surface area contributed by atoms with E-state index < -0.39 is 0 Å². The van der Waals surface area contributed by atoms with Crippen LogP contribution in [0.25, 0.3) is 0 Å². The van der Waals surface area contributed by atoms with Crippen LogP contribution in [0.1, 0.15) is 39.3 Å². The average molecular weight is 264 g/mol. The van der Waals surface area contributed by atoms with E-state index in [0.29, 0.717) is 6.54 Å². The molecule has 0 heterocycles. The molecule has 1 aromatic carbocycles. The Morgan fingerprint density at radius 3 is 2.58 bits per heavy atom.